The van der Waals surface area contributed by atoms with Crippen LogP contribution in [0.25, 0.3) is 0 Å². The molecule has 2 amide bonds. The van der Waals surface area contributed by atoms with E-state index in [-0.39, 0.29) is 23.9 Å². The second-order valence-electron chi connectivity index (χ2n) is 6.30. The SMILES string of the molecule is Cc1ccc(C)c2c1C(=O)N(C1CCCCCC1N)C2=O. The highest BCUT2D eigenvalue weighted by Crippen LogP contribution is 2.33. The number of imide groups is 1. The molecule has 112 valence electrons. The molecule has 2 N–H and O–H groups in total. The Morgan fingerprint density at radius 3 is 2.05 bits per heavy atom. The first-order valence-electron chi connectivity index (χ1n) is 7.76. The van der Waals surface area contributed by atoms with E-state index in [0.29, 0.717) is 11.1 Å². The molecule has 1 heterocycles. The second kappa shape index (κ2) is 5.26. The maximum absolute atomic E-state index is 12.8. The van der Waals surface area contributed by atoms with Crippen molar-refractivity contribution < 1.29 is 9.59 Å². The fourth-order valence-corrected chi connectivity index (χ4v) is 3.63. The first-order chi connectivity index (χ1) is 10.0. The van der Waals surface area contributed by atoms with Crippen molar-refractivity contribution in [2.45, 2.75) is 58.0 Å². The fourth-order valence-electron chi connectivity index (χ4n) is 3.63. The van der Waals surface area contributed by atoms with Crippen LogP contribution in [0, 0.1) is 13.8 Å². The van der Waals surface area contributed by atoms with Crippen molar-refractivity contribution in [3.05, 3.63) is 34.4 Å². The predicted octanol–water partition coefficient (Wildman–Crippen LogP) is 2.56. The maximum atomic E-state index is 12.8. The number of amides is 2. The summed E-state index contributed by atoms with van der Waals surface area (Å²) >= 11 is 0. The molecule has 0 radical (unpaired) electrons. The lowest BCUT2D eigenvalue weighted by Gasteiger charge is -2.29. The van der Waals surface area contributed by atoms with Crippen LogP contribution in [0.1, 0.15) is 63.9 Å². The van der Waals surface area contributed by atoms with E-state index in [1.165, 1.54) is 4.90 Å². The van der Waals surface area contributed by atoms with Crippen molar-refractivity contribution in [3.8, 4) is 0 Å². The quantitative estimate of drug-likeness (QED) is 0.637. The van der Waals surface area contributed by atoms with Crippen LogP contribution in [0.5, 0.6) is 0 Å². The van der Waals surface area contributed by atoms with Gasteiger partial charge < -0.3 is 5.73 Å². The third-order valence-electron chi connectivity index (χ3n) is 4.85. The molecule has 2 unspecified atom stereocenters. The normalized spacial score (nSPS) is 26.0. The van der Waals surface area contributed by atoms with E-state index in [0.717, 1.165) is 43.2 Å². The molecular weight excluding hydrogens is 264 g/mol. The summed E-state index contributed by atoms with van der Waals surface area (Å²) in [6.07, 6.45) is 4.95. The topological polar surface area (TPSA) is 63.4 Å². The molecule has 2 atom stereocenters. The molecule has 21 heavy (non-hydrogen) atoms. The zero-order valence-electron chi connectivity index (χ0n) is 12.7. The lowest BCUT2D eigenvalue weighted by molar-refractivity contribution is 0.0552. The van der Waals surface area contributed by atoms with Crippen LogP contribution in [0.4, 0.5) is 0 Å². The van der Waals surface area contributed by atoms with Crippen molar-refractivity contribution in [2.24, 2.45) is 5.73 Å². The van der Waals surface area contributed by atoms with Gasteiger partial charge in [0.05, 0.1) is 17.2 Å². The molecule has 3 rings (SSSR count). The van der Waals surface area contributed by atoms with Gasteiger partial charge in [0.25, 0.3) is 11.8 Å². The molecule has 1 saturated carbocycles. The van der Waals surface area contributed by atoms with Gasteiger partial charge in [-0.25, -0.2) is 0 Å². The minimum Gasteiger partial charge on any atom is -0.326 e. The van der Waals surface area contributed by atoms with Gasteiger partial charge in [0.15, 0.2) is 0 Å². The van der Waals surface area contributed by atoms with Crippen molar-refractivity contribution in [2.75, 3.05) is 0 Å². The Hall–Kier alpha value is -1.68. The van der Waals surface area contributed by atoms with Crippen LogP contribution in [0.2, 0.25) is 0 Å². The van der Waals surface area contributed by atoms with Crippen molar-refractivity contribution in [3.63, 3.8) is 0 Å². The number of nitrogens with zero attached hydrogens (tertiary/aromatic N) is 1. The maximum Gasteiger partial charge on any atom is 0.262 e. The van der Waals surface area contributed by atoms with E-state index in [2.05, 4.69) is 0 Å². The molecule has 1 fully saturated rings. The lowest BCUT2D eigenvalue weighted by Crippen LogP contribution is -2.49. The molecule has 1 aliphatic carbocycles. The van der Waals surface area contributed by atoms with Gasteiger partial charge in [-0.05, 0) is 37.8 Å². The molecule has 0 aromatic heterocycles. The number of fused-ring (bicyclic) bond motifs is 1. The minimum atomic E-state index is -0.154. The van der Waals surface area contributed by atoms with Crippen LogP contribution in [0.15, 0.2) is 12.1 Å². The van der Waals surface area contributed by atoms with Crippen LogP contribution < -0.4 is 5.73 Å². The summed E-state index contributed by atoms with van der Waals surface area (Å²) in [5.41, 5.74) is 9.16. The van der Waals surface area contributed by atoms with E-state index >= 15 is 0 Å². The summed E-state index contributed by atoms with van der Waals surface area (Å²) in [7, 11) is 0. The molecule has 0 bridgehead atoms. The highest BCUT2D eigenvalue weighted by atomic mass is 16.2. The molecule has 1 aromatic carbocycles. The predicted molar refractivity (Wildman–Crippen MR) is 81.3 cm³/mol. The number of nitrogens with two attached hydrogens (primary N) is 1. The van der Waals surface area contributed by atoms with Crippen LogP contribution in [0.3, 0.4) is 0 Å². The molecule has 2 aliphatic rings. The Labute approximate surface area is 125 Å². The average molecular weight is 286 g/mol. The van der Waals surface area contributed by atoms with Crippen LogP contribution in [-0.4, -0.2) is 28.8 Å². The van der Waals surface area contributed by atoms with Gasteiger partial charge in [0.2, 0.25) is 0 Å². The van der Waals surface area contributed by atoms with Gasteiger partial charge in [-0.3, -0.25) is 14.5 Å². The third-order valence-corrected chi connectivity index (χ3v) is 4.85. The van der Waals surface area contributed by atoms with E-state index in [4.69, 9.17) is 5.73 Å². The lowest BCUT2D eigenvalue weighted by atomic mass is 9.99. The summed E-state index contributed by atoms with van der Waals surface area (Å²) < 4.78 is 0. The van der Waals surface area contributed by atoms with E-state index in [1.54, 1.807) is 0 Å². The molecule has 1 aromatic rings. The summed E-state index contributed by atoms with van der Waals surface area (Å²) in [5.74, 6) is -0.308. The molecule has 4 heteroatoms. The summed E-state index contributed by atoms with van der Waals surface area (Å²) in [6, 6.07) is 3.57. The van der Waals surface area contributed by atoms with E-state index in [1.807, 2.05) is 26.0 Å². The van der Waals surface area contributed by atoms with E-state index in [9.17, 15) is 9.59 Å². The molecule has 0 spiro atoms. The second-order valence-corrected chi connectivity index (χ2v) is 6.30. The third kappa shape index (κ3) is 2.18. The average Bonchev–Trinajstić information content (AvgIpc) is 2.60. The fraction of sp³-hybridized carbons (Fsp3) is 0.529. The Morgan fingerprint density at radius 2 is 1.48 bits per heavy atom. The highest BCUT2D eigenvalue weighted by molar-refractivity contribution is 6.22. The van der Waals surface area contributed by atoms with Gasteiger partial charge >= 0.3 is 0 Å². The summed E-state index contributed by atoms with van der Waals surface area (Å²) in [5, 5.41) is 0. The smallest absolute Gasteiger partial charge is 0.262 e. The van der Waals surface area contributed by atoms with Gasteiger partial charge in [-0.15, -0.1) is 0 Å². The number of hydrogen-bond donors (Lipinski definition) is 1. The summed E-state index contributed by atoms with van der Waals surface area (Å²) in [6.45, 7) is 3.78. The Balaban J connectivity index is 2.03. The van der Waals surface area contributed by atoms with Crippen molar-refractivity contribution in [1.29, 1.82) is 0 Å². The number of benzene rings is 1. The number of carbonyl (C=O) groups is 2. The molecule has 1 aliphatic heterocycles. The van der Waals surface area contributed by atoms with Crippen LogP contribution >= 0.6 is 0 Å². The van der Waals surface area contributed by atoms with Crippen molar-refractivity contribution >= 4 is 11.8 Å². The summed E-state index contributed by atoms with van der Waals surface area (Å²) in [4.78, 5) is 27.0. The number of carbonyl (C=O) groups excluding carboxylic acids is 2. The van der Waals surface area contributed by atoms with Gasteiger partial charge in [-0.2, -0.15) is 0 Å². The number of hydrogen-bond acceptors (Lipinski definition) is 3. The highest BCUT2D eigenvalue weighted by Gasteiger charge is 2.43. The standard InChI is InChI=1S/C17H22N2O2/c1-10-8-9-11(2)15-14(10)16(20)19(17(15)21)13-7-5-3-4-6-12(13)18/h8-9,12-13H,3-7,18H2,1-2H3. The molecule has 0 saturated heterocycles. The molecule has 4 nitrogen and oxygen atoms in total. The molecular formula is C17H22N2O2. The first-order valence-corrected chi connectivity index (χ1v) is 7.76. The minimum absolute atomic E-state index is 0.102. The van der Waals surface area contributed by atoms with Gasteiger partial charge in [-0.1, -0.05) is 31.4 Å². The number of rotatable bonds is 1. The van der Waals surface area contributed by atoms with Crippen LogP contribution in [-0.2, 0) is 0 Å². The Bertz CT molecular complexity index is 568. The monoisotopic (exact) mass is 286 g/mol. The van der Waals surface area contributed by atoms with Gasteiger partial charge in [0.1, 0.15) is 0 Å². The Morgan fingerprint density at radius 1 is 0.952 bits per heavy atom. The van der Waals surface area contributed by atoms with Gasteiger partial charge in [0, 0.05) is 6.04 Å². The van der Waals surface area contributed by atoms with E-state index < -0.39 is 0 Å². The largest absolute Gasteiger partial charge is 0.326 e. The zero-order valence-corrected chi connectivity index (χ0v) is 12.7. The Kier molecular flexibility index (Phi) is 3.57. The first kappa shape index (κ1) is 14.3. The van der Waals surface area contributed by atoms with Crippen molar-refractivity contribution in [1.82, 2.24) is 4.90 Å². The zero-order chi connectivity index (χ0) is 15.1. The number of aryl methyl sites for hydroxylation is 2.